The van der Waals surface area contributed by atoms with Crippen LogP contribution in [0.4, 0.5) is 5.69 Å². The number of hydrogen-bond donors (Lipinski definition) is 2. The highest BCUT2D eigenvalue weighted by Crippen LogP contribution is 2.29. The second kappa shape index (κ2) is 16.1. The second-order valence-corrected chi connectivity index (χ2v) is 13.8. The summed E-state index contributed by atoms with van der Waals surface area (Å²) in [6.07, 6.45) is 4.55. The van der Waals surface area contributed by atoms with Crippen molar-refractivity contribution in [3.63, 3.8) is 0 Å². The third kappa shape index (κ3) is 8.91. The molecule has 46 heavy (non-hydrogen) atoms. The van der Waals surface area contributed by atoms with Gasteiger partial charge in [-0.2, -0.15) is 4.31 Å². The minimum Gasteiger partial charge on any atom is -0.490 e. The number of anilines is 1. The van der Waals surface area contributed by atoms with Crippen LogP contribution in [0.1, 0.15) is 60.7 Å². The molecule has 0 aliphatic carbocycles. The van der Waals surface area contributed by atoms with Gasteiger partial charge in [0.05, 0.1) is 35.3 Å². The zero-order valence-electron chi connectivity index (χ0n) is 26.8. The number of nitrogens with one attached hydrogen (secondary N) is 1. The van der Waals surface area contributed by atoms with E-state index < -0.39 is 28.1 Å². The Kier molecular flexibility index (Phi) is 12.3. The van der Waals surface area contributed by atoms with Crippen LogP contribution in [0.3, 0.4) is 0 Å². The molecule has 2 heterocycles. The second-order valence-electron chi connectivity index (χ2n) is 11.8. The highest BCUT2D eigenvalue weighted by molar-refractivity contribution is 7.89. The smallest absolute Gasteiger partial charge is 0.258 e. The number of carbonyl (C=O) groups excluding carboxylic acids is 2. The zero-order chi connectivity index (χ0) is 33.3. The Bertz CT molecular complexity index is 1560. The topological polar surface area (TPSA) is 138 Å². The van der Waals surface area contributed by atoms with E-state index in [1.165, 1.54) is 23.7 Å². The summed E-state index contributed by atoms with van der Waals surface area (Å²) in [6.45, 7) is 5.96. The van der Waals surface area contributed by atoms with Crippen molar-refractivity contribution in [1.82, 2.24) is 14.2 Å². The van der Waals surface area contributed by atoms with Gasteiger partial charge in [-0.05, 0) is 75.6 Å². The molecule has 2 N–H and O–H groups in total. The summed E-state index contributed by atoms with van der Waals surface area (Å²) < 4.78 is 40.5. The van der Waals surface area contributed by atoms with Gasteiger partial charge < -0.3 is 24.8 Å². The molecule has 1 aliphatic heterocycles. The van der Waals surface area contributed by atoms with Gasteiger partial charge in [0.25, 0.3) is 11.8 Å². The highest BCUT2D eigenvalue weighted by Gasteiger charge is 2.32. The van der Waals surface area contributed by atoms with Crippen molar-refractivity contribution in [2.24, 2.45) is 5.92 Å². The van der Waals surface area contributed by atoms with Crippen LogP contribution in [-0.2, 0) is 14.8 Å². The molecule has 0 saturated heterocycles. The number of aliphatic hydroxyl groups excluding tert-OH is 1. The maximum atomic E-state index is 14.3. The number of fused-ring (bicyclic) bond motifs is 1. The minimum absolute atomic E-state index is 0.0786. The molecular formula is C34H44N4O7S. The third-order valence-electron chi connectivity index (χ3n) is 8.14. The largest absolute Gasteiger partial charge is 0.490 e. The fourth-order valence-electron chi connectivity index (χ4n) is 5.29. The number of aliphatic hydroxyl groups is 1. The van der Waals surface area contributed by atoms with Crippen LogP contribution in [0, 0.1) is 5.92 Å². The molecule has 3 aromatic rings. The van der Waals surface area contributed by atoms with E-state index in [0.717, 1.165) is 12.8 Å². The van der Waals surface area contributed by atoms with Crippen LogP contribution >= 0.6 is 0 Å². The van der Waals surface area contributed by atoms with Gasteiger partial charge in [-0.25, -0.2) is 8.42 Å². The molecule has 0 bridgehead atoms. The lowest BCUT2D eigenvalue weighted by Gasteiger charge is -2.35. The third-order valence-corrected chi connectivity index (χ3v) is 9.98. The number of ether oxygens (including phenoxy) is 2. The molecule has 11 nitrogen and oxygen atoms in total. The number of carbonyl (C=O) groups is 2. The number of aromatic nitrogens is 1. The molecule has 0 spiro atoms. The van der Waals surface area contributed by atoms with Gasteiger partial charge in [-0.3, -0.25) is 14.6 Å². The minimum atomic E-state index is -3.77. The number of hydrogen-bond acceptors (Lipinski definition) is 8. The Labute approximate surface area is 271 Å². The number of benzene rings is 2. The van der Waals surface area contributed by atoms with Gasteiger partial charge in [-0.15, -0.1) is 0 Å². The van der Waals surface area contributed by atoms with Crippen LogP contribution < -0.4 is 10.1 Å². The first-order chi connectivity index (χ1) is 22.0. The van der Waals surface area contributed by atoms with E-state index in [1.54, 1.807) is 72.5 Å². The molecule has 2 amide bonds. The summed E-state index contributed by atoms with van der Waals surface area (Å²) in [4.78, 5) is 32.9. The molecule has 0 unspecified atom stereocenters. The van der Waals surface area contributed by atoms with Crippen LogP contribution in [-0.4, -0.2) is 91.1 Å². The normalized spacial score (nSPS) is 20.7. The number of rotatable bonds is 8. The van der Waals surface area contributed by atoms with Gasteiger partial charge in [0.2, 0.25) is 10.0 Å². The molecule has 0 saturated carbocycles. The molecule has 2 aromatic carbocycles. The molecule has 12 heteroatoms. The van der Waals surface area contributed by atoms with E-state index in [1.807, 2.05) is 13.8 Å². The average molecular weight is 653 g/mol. The zero-order valence-corrected chi connectivity index (χ0v) is 27.7. The predicted molar refractivity (Wildman–Crippen MR) is 175 cm³/mol. The van der Waals surface area contributed by atoms with E-state index in [9.17, 15) is 23.1 Å². The lowest BCUT2D eigenvalue weighted by atomic mass is 10.0. The first-order valence-corrected chi connectivity index (χ1v) is 17.0. The summed E-state index contributed by atoms with van der Waals surface area (Å²) in [7, 11) is -2.24. The van der Waals surface area contributed by atoms with E-state index in [2.05, 4.69) is 10.3 Å². The van der Waals surface area contributed by atoms with Gasteiger partial charge >= 0.3 is 0 Å². The van der Waals surface area contributed by atoms with Gasteiger partial charge in [-0.1, -0.05) is 25.1 Å². The fourth-order valence-corrected chi connectivity index (χ4v) is 6.50. The van der Waals surface area contributed by atoms with Crippen LogP contribution in [0.2, 0.25) is 0 Å². The first-order valence-electron chi connectivity index (χ1n) is 15.6. The summed E-state index contributed by atoms with van der Waals surface area (Å²) in [5.41, 5.74) is 1.07. The lowest BCUT2D eigenvalue weighted by Crippen LogP contribution is -2.48. The maximum absolute atomic E-state index is 14.3. The predicted octanol–water partition coefficient (Wildman–Crippen LogP) is 4.45. The van der Waals surface area contributed by atoms with E-state index >= 15 is 0 Å². The Morgan fingerprint density at radius 3 is 2.52 bits per heavy atom. The van der Waals surface area contributed by atoms with Crippen molar-refractivity contribution < 1.29 is 32.6 Å². The van der Waals surface area contributed by atoms with Gasteiger partial charge in [0.15, 0.2) is 0 Å². The number of nitrogens with zero attached hydrogens (tertiary/aromatic N) is 3. The maximum Gasteiger partial charge on any atom is 0.258 e. The van der Waals surface area contributed by atoms with Crippen molar-refractivity contribution in [1.29, 1.82) is 0 Å². The molecule has 4 rings (SSSR count). The lowest BCUT2D eigenvalue weighted by molar-refractivity contribution is -0.00834. The molecule has 1 aliphatic rings. The average Bonchev–Trinajstić information content (AvgIpc) is 3.06. The Morgan fingerprint density at radius 1 is 1.11 bits per heavy atom. The monoisotopic (exact) mass is 652 g/mol. The van der Waals surface area contributed by atoms with Crippen molar-refractivity contribution in [2.75, 3.05) is 38.7 Å². The summed E-state index contributed by atoms with van der Waals surface area (Å²) >= 11 is 0. The molecule has 0 radical (unpaired) electrons. The van der Waals surface area contributed by atoms with Crippen LogP contribution in [0.15, 0.2) is 78.0 Å². The summed E-state index contributed by atoms with van der Waals surface area (Å²) in [5, 5.41) is 13.0. The van der Waals surface area contributed by atoms with Crippen LogP contribution in [0.5, 0.6) is 5.75 Å². The van der Waals surface area contributed by atoms with Crippen molar-refractivity contribution in [3.8, 4) is 5.75 Å². The van der Waals surface area contributed by atoms with E-state index in [4.69, 9.17) is 9.47 Å². The molecular weight excluding hydrogens is 608 g/mol. The number of amides is 2. The fraction of sp³-hybridized carbons (Fsp3) is 0.441. The Hall–Kier alpha value is -3.84. The Balaban J connectivity index is 1.65. The van der Waals surface area contributed by atoms with Gasteiger partial charge in [0, 0.05) is 56.3 Å². The van der Waals surface area contributed by atoms with Crippen molar-refractivity contribution in [2.45, 2.75) is 63.2 Å². The number of sulfonamides is 1. The summed E-state index contributed by atoms with van der Waals surface area (Å²) in [5.74, 6) is -0.682. The SMILES string of the molecule is C[C@@H]1CN([C@H](C)CO)C(=O)c2cc(NC(=O)c3ccncc3)ccc2O[C@@H](C)CCCCO[C@H]1CN(C)S(=O)(=O)c1ccccc1. The standard InChI is InChI=1S/C34H44N4O7S/c1-24-21-38(25(2)23-39)34(41)30-20-28(36-33(40)27-15-17-35-18-16-27)13-14-31(30)45-26(3)10-8-9-19-44-32(24)22-37(4)46(42,43)29-11-6-5-7-12-29/h5-7,11-18,20,24-26,32,39H,8-10,19,21-23H2,1-4H3,(H,36,40)/t24-,25-,26+,32+/m1/s1. The molecule has 4 atom stereocenters. The van der Waals surface area contributed by atoms with Gasteiger partial charge in [0.1, 0.15) is 5.75 Å². The van der Waals surface area contributed by atoms with E-state index in [0.29, 0.717) is 30.0 Å². The number of pyridine rings is 1. The first kappa shape index (κ1) is 35.0. The summed E-state index contributed by atoms with van der Waals surface area (Å²) in [6, 6.07) is 15.8. The molecule has 248 valence electrons. The van der Waals surface area contributed by atoms with E-state index in [-0.39, 0.29) is 48.1 Å². The van der Waals surface area contributed by atoms with Crippen LogP contribution in [0.25, 0.3) is 0 Å². The van der Waals surface area contributed by atoms with Crippen molar-refractivity contribution in [3.05, 3.63) is 84.2 Å². The van der Waals surface area contributed by atoms with Crippen molar-refractivity contribution >= 4 is 27.5 Å². The highest BCUT2D eigenvalue weighted by atomic mass is 32.2. The molecule has 1 aromatic heterocycles. The molecule has 0 fully saturated rings. The quantitative estimate of drug-likeness (QED) is 0.364. The number of likely N-dealkylation sites (N-methyl/N-ethyl adjacent to an activating group) is 1. The Morgan fingerprint density at radius 2 is 1.83 bits per heavy atom.